The molecule has 0 spiro atoms. The van der Waals surface area contributed by atoms with Crippen LogP contribution in [0, 0.1) is 0 Å². The zero-order valence-electron chi connectivity index (χ0n) is 17.7. The molecular weight excluding hydrogens is 366 g/mol. The summed E-state index contributed by atoms with van der Waals surface area (Å²) < 4.78 is 14.8. The highest BCUT2D eigenvalue weighted by Crippen LogP contribution is 2.31. The molecule has 0 bridgehead atoms. The minimum atomic E-state index is 0.463. The van der Waals surface area contributed by atoms with Crippen molar-refractivity contribution < 1.29 is 9.47 Å². The molecule has 1 saturated heterocycles. The monoisotopic (exact) mass is 397 g/mol. The van der Waals surface area contributed by atoms with Gasteiger partial charge in [-0.25, -0.2) is 4.98 Å². The Morgan fingerprint density at radius 1 is 1.14 bits per heavy atom. The normalized spacial score (nSPS) is 15.6. The summed E-state index contributed by atoms with van der Waals surface area (Å²) in [5.41, 5.74) is 3.72. The van der Waals surface area contributed by atoms with Crippen molar-refractivity contribution in [2.45, 2.75) is 32.9 Å². The highest BCUT2D eigenvalue weighted by molar-refractivity contribution is 5.88. The Hall–Kier alpha value is -2.22. The average Bonchev–Trinajstić information content (AvgIpc) is 3.36. The van der Waals surface area contributed by atoms with E-state index in [1.807, 2.05) is 4.68 Å². The minimum absolute atomic E-state index is 0.463. The van der Waals surface area contributed by atoms with Crippen LogP contribution in [0.15, 0.2) is 30.7 Å². The molecule has 0 amide bonds. The summed E-state index contributed by atoms with van der Waals surface area (Å²) in [7, 11) is 1.70. The van der Waals surface area contributed by atoms with E-state index in [0.29, 0.717) is 19.1 Å². The fourth-order valence-corrected chi connectivity index (χ4v) is 3.90. The molecule has 3 heterocycles. The summed E-state index contributed by atoms with van der Waals surface area (Å²) in [5.74, 6) is 1.23. The molecule has 0 atom stereocenters. The summed E-state index contributed by atoms with van der Waals surface area (Å²) in [6.07, 6.45) is 4.10. The van der Waals surface area contributed by atoms with Gasteiger partial charge in [0.05, 0.1) is 26.4 Å². The van der Waals surface area contributed by atoms with Gasteiger partial charge in [-0.05, 0) is 29.7 Å². The quantitative estimate of drug-likeness (QED) is 0.585. The van der Waals surface area contributed by atoms with Crippen molar-refractivity contribution in [2.75, 3.05) is 46.6 Å². The predicted molar refractivity (Wildman–Crippen MR) is 114 cm³/mol. The summed E-state index contributed by atoms with van der Waals surface area (Å²) in [5, 5.41) is 5.90. The van der Waals surface area contributed by atoms with Gasteiger partial charge in [-0.3, -0.25) is 9.58 Å². The van der Waals surface area contributed by atoms with Crippen molar-refractivity contribution in [1.82, 2.24) is 24.2 Å². The minimum Gasteiger partial charge on any atom is -0.383 e. The molecule has 1 aliphatic heterocycles. The largest absolute Gasteiger partial charge is 0.383 e. The lowest BCUT2D eigenvalue weighted by Gasteiger charge is -2.26. The van der Waals surface area contributed by atoms with Crippen molar-refractivity contribution in [3.63, 3.8) is 0 Å². The molecule has 1 fully saturated rings. The first kappa shape index (κ1) is 20.1. The predicted octanol–water partition coefficient (Wildman–Crippen LogP) is 3.00. The Balaban J connectivity index is 1.59. The van der Waals surface area contributed by atoms with E-state index in [1.54, 1.807) is 13.4 Å². The number of morpholine rings is 1. The Morgan fingerprint density at radius 3 is 2.72 bits per heavy atom. The van der Waals surface area contributed by atoms with Gasteiger partial charge in [0.2, 0.25) is 0 Å². The second-order valence-electron chi connectivity index (χ2n) is 7.94. The molecule has 3 aromatic rings. The van der Waals surface area contributed by atoms with E-state index in [9.17, 15) is 0 Å². The van der Waals surface area contributed by atoms with Gasteiger partial charge in [0.15, 0.2) is 5.82 Å². The third-order valence-corrected chi connectivity index (χ3v) is 5.61. The lowest BCUT2D eigenvalue weighted by Crippen LogP contribution is -2.38. The molecule has 7 nitrogen and oxygen atoms in total. The van der Waals surface area contributed by atoms with Crippen LogP contribution in [0.25, 0.3) is 22.3 Å². The second kappa shape index (κ2) is 9.07. The maximum atomic E-state index is 5.47. The molecular formula is C22H31N5O2. The van der Waals surface area contributed by atoms with Crippen molar-refractivity contribution in [1.29, 1.82) is 0 Å². The molecule has 0 N–H and O–H groups in total. The van der Waals surface area contributed by atoms with Gasteiger partial charge in [0, 0.05) is 56.0 Å². The zero-order valence-corrected chi connectivity index (χ0v) is 17.7. The summed E-state index contributed by atoms with van der Waals surface area (Å²) in [6.45, 7) is 11.6. The molecule has 29 heavy (non-hydrogen) atoms. The summed E-state index contributed by atoms with van der Waals surface area (Å²) >= 11 is 0. The number of fused-ring (bicyclic) bond motifs is 1. The lowest BCUT2D eigenvalue weighted by molar-refractivity contribution is 0.0365. The standard InChI is InChI=1S/C22H31N5O2/c1-17(2)20-15-26(7-6-25-8-12-29-13-9-25)21-5-4-18(14-19(20)21)22-23-16-27(24-22)10-11-28-3/h4-5,14-17H,6-13H2,1-3H3. The van der Waals surface area contributed by atoms with Crippen LogP contribution in [0.2, 0.25) is 0 Å². The SMILES string of the molecule is COCCn1cnc(-c2ccc3c(c2)c(C(C)C)cn3CCN2CCOCC2)n1. The first-order chi connectivity index (χ1) is 14.2. The summed E-state index contributed by atoms with van der Waals surface area (Å²) in [6, 6.07) is 6.59. The van der Waals surface area contributed by atoms with Crippen LogP contribution < -0.4 is 0 Å². The van der Waals surface area contributed by atoms with E-state index in [-0.39, 0.29) is 0 Å². The van der Waals surface area contributed by atoms with Crippen LogP contribution in [0.5, 0.6) is 0 Å². The lowest BCUT2D eigenvalue weighted by atomic mass is 10.0. The molecule has 1 aliphatic rings. The van der Waals surface area contributed by atoms with E-state index in [4.69, 9.17) is 9.47 Å². The third kappa shape index (κ3) is 4.52. The molecule has 4 rings (SSSR count). The van der Waals surface area contributed by atoms with Crippen LogP contribution >= 0.6 is 0 Å². The molecule has 0 aliphatic carbocycles. The molecule has 0 saturated carbocycles. The van der Waals surface area contributed by atoms with Crippen molar-refractivity contribution in [3.05, 3.63) is 36.3 Å². The number of aromatic nitrogens is 4. The third-order valence-electron chi connectivity index (χ3n) is 5.61. The Kier molecular flexibility index (Phi) is 6.28. The van der Waals surface area contributed by atoms with Gasteiger partial charge < -0.3 is 14.0 Å². The smallest absolute Gasteiger partial charge is 0.181 e. The Morgan fingerprint density at radius 2 is 1.97 bits per heavy atom. The number of hydrogen-bond acceptors (Lipinski definition) is 5. The van der Waals surface area contributed by atoms with Gasteiger partial charge in [-0.1, -0.05) is 13.8 Å². The van der Waals surface area contributed by atoms with Crippen molar-refractivity contribution in [3.8, 4) is 11.4 Å². The fourth-order valence-electron chi connectivity index (χ4n) is 3.90. The van der Waals surface area contributed by atoms with Crippen molar-refractivity contribution in [2.24, 2.45) is 0 Å². The van der Waals surface area contributed by atoms with E-state index in [2.05, 4.69) is 57.8 Å². The zero-order chi connectivity index (χ0) is 20.2. The van der Waals surface area contributed by atoms with Gasteiger partial charge in [-0.15, -0.1) is 0 Å². The van der Waals surface area contributed by atoms with Crippen LogP contribution in [0.4, 0.5) is 0 Å². The maximum Gasteiger partial charge on any atom is 0.181 e. The van der Waals surface area contributed by atoms with E-state index >= 15 is 0 Å². The van der Waals surface area contributed by atoms with Crippen LogP contribution in [0.1, 0.15) is 25.3 Å². The van der Waals surface area contributed by atoms with Gasteiger partial charge in [0.1, 0.15) is 6.33 Å². The molecule has 2 aromatic heterocycles. The highest BCUT2D eigenvalue weighted by Gasteiger charge is 2.16. The summed E-state index contributed by atoms with van der Waals surface area (Å²) in [4.78, 5) is 6.98. The first-order valence-corrected chi connectivity index (χ1v) is 10.5. The molecule has 7 heteroatoms. The first-order valence-electron chi connectivity index (χ1n) is 10.5. The molecule has 156 valence electrons. The topological polar surface area (TPSA) is 57.3 Å². The number of rotatable bonds is 8. The number of benzene rings is 1. The number of methoxy groups -OCH3 is 1. The van der Waals surface area contributed by atoms with Crippen molar-refractivity contribution >= 4 is 10.9 Å². The number of nitrogens with zero attached hydrogens (tertiary/aromatic N) is 5. The van der Waals surface area contributed by atoms with Crippen LogP contribution in [-0.4, -0.2) is 70.8 Å². The van der Waals surface area contributed by atoms with Gasteiger partial charge in [-0.2, -0.15) is 5.10 Å². The van der Waals surface area contributed by atoms with Crippen LogP contribution in [0.3, 0.4) is 0 Å². The van der Waals surface area contributed by atoms with Crippen LogP contribution in [-0.2, 0) is 22.6 Å². The van der Waals surface area contributed by atoms with E-state index in [0.717, 1.165) is 50.8 Å². The maximum absolute atomic E-state index is 5.47. The van der Waals surface area contributed by atoms with E-state index in [1.165, 1.54) is 16.5 Å². The molecule has 1 aromatic carbocycles. The number of ether oxygens (including phenoxy) is 2. The second-order valence-corrected chi connectivity index (χ2v) is 7.94. The van der Waals surface area contributed by atoms with E-state index < -0.39 is 0 Å². The number of hydrogen-bond donors (Lipinski definition) is 0. The highest BCUT2D eigenvalue weighted by atomic mass is 16.5. The average molecular weight is 398 g/mol. The van der Waals surface area contributed by atoms with Gasteiger partial charge >= 0.3 is 0 Å². The van der Waals surface area contributed by atoms with Gasteiger partial charge in [0.25, 0.3) is 0 Å². The fraction of sp³-hybridized carbons (Fsp3) is 0.545. The molecule has 0 radical (unpaired) electrons. The Labute approximate surface area is 172 Å². The molecule has 0 unspecified atom stereocenters. The Bertz CT molecular complexity index is 940.